The molecule has 0 aliphatic rings. The standard InChI is InChI=1S/C32H45NO10/c1-33(16-12-18-42-29(34)14-13-23-19-25(36-2)30(40-6)26(20-23)37-3)15-10-8-9-11-17-43-32(35)24-21-27(38-4)31(41-7)28(22-24)39-5/h13-14,19-22H,8-12,15-18H2,1-7H3/b14-13+. The fourth-order valence-corrected chi connectivity index (χ4v) is 4.31. The SMILES string of the molecule is COc1cc(/C=C/C(=O)OCCCN(C)CCCCCCOC(=O)c2cc(OC)c(OC)c(OC)c2)cc(OC)c1OC. The molecule has 0 atom stereocenters. The maximum Gasteiger partial charge on any atom is 0.338 e. The zero-order valence-electron chi connectivity index (χ0n) is 26.4. The lowest BCUT2D eigenvalue weighted by Gasteiger charge is -2.16. The number of unbranched alkanes of at least 4 members (excludes halogenated alkanes) is 3. The molecule has 238 valence electrons. The number of hydrogen-bond donors (Lipinski definition) is 0. The number of nitrogens with zero attached hydrogens (tertiary/aromatic N) is 1. The van der Waals surface area contributed by atoms with Gasteiger partial charge in [0, 0.05) is 12.6 Å². The third kappa shape index (κ3) is 11.2. The Bertz CT molecular complexity index is 1150. The second-order valence-corrected chi connectivity index (χ2v) is 9.58. The van der Waals surface area contributed by atoms with E-state index in [0.717, 1.165) is 50.8 Å². The van der Waals surface area contributed by atoms with Crippen LogP contribution in [0.2, 0.25) is 0 Å². The summed E-state index contributed by atoms with van der Waals surface area (Å²) in [5.41, 5.74) is 1.07. The summed E-state index contributed by atoms with van der Waals surface area (Å²) in [6.07, 6.45) is 7.53. The molecule has 0 spiro atoms. The first-order valence-corrected chi connectivity index (χ1v) is 14.1. The highest BCUT2D eigenvalue weighted by molar-refractivity contribution is 5.91. The first kappa shape index (κ1) is 35.1. The van der Waals surface area contributed by atoms with Crippen molar-refractivity contribution in [2.24, 2.45) is 0 Å². The Morgan fingerprint density at radius 3 is 1.65 bits per heavy atom. The van der Waals surface area contributed by atoms with Crippen molar-refractivity contribution in [3.63, 3.8) is 0 Å². The molecule has 0 saturated carbocycles. The predicted octanol–water partition coefficient (Wildman–Crippen LogP) is 5.03. The van der Waals surface area contributed by atoms with Crippen LogP contribution in [0.4, 0.5) is 0 Å². The van der Waals surface area contributed by atoms with E-state index in [4.69, 9.17) is 37.9 Å². The third-order valence-electron chi connectivity index (χ3n) is 6.60. The summed E-state index contributed by atoms with van der Waals surface area (Å²) in [5, 5.41) is 0. The van der Waals surface area contributed by atoms with Gasteiger partial charge in [0.15, 0.2) is 23.0 Å². The molecule has 0 bridgehead atoms. The quantitative estimate of drug-likeness (QED) is 0.115. The van der Waals surface area contributed by atoms with Crippen LogP contribution in [0.15, 0.2) is 30.3 Å². The highest BCUT2D eigenvalue weighted by Crippen LogP contribution is 2.39. The largest absolute Gasteiger partial charge is 0.493 e. The minimum atomic E-state index is -0.434. The Labute approximate surface area is 254 Å². The second-order valence-electron chi connectivity index (χ2n) is 9.58. The normalized spacial score (nSPS) is 10.9. The van der Waals surface area contributed by atoms with Crippen LogP contribution in [-0.4, -0.2) is 92.8 Å². The van der Waals surface area contributed by atoms with Gasteiger partial charge in [-0.1, -0.05) is 12.8 Å². The Balaban J connectivity index is 1.60. The molecule has 0 N–H and O–H groups in total. The van der Waals surface area contributed by atoms with Crippen LogP contribution >= 0.6 is 0 Å². The van der Waals surface area contributed by atoms with E-state index < -0.39 is 11.9 Å². The first-order chi connectivity index (χ1) is 20.8. The van der Waals surface area contributed by atoms with Crippen LogP contribution in [0.5, 0.6) is 34.5 Å². The monoisotopic (exact) mass is 603 g/mol. The molecule has 11 heteroatoms. The second kappa shape index (κ2) is 19.1. The van der Waals surface area contributed by atoms with E-state index in [1.807, 2.05) is 7.05 Å². The molecule has 43 heavy (non-hydrogen) atoms. The number of ether oxygens (including phenoxy) is 8. The number of carbonyl (C=O) groups is 2. The van der Waals surface area contributed by atoms with E-state index in [1.165, 1.54) is 48.7 Å². The van der Waals surface area contributed by atoms with Crippen LogP contribution in [-0.2, 0) is 14.3 Å². The lowest BCUT2D eigenvalue weighted by atomic mass is 10.1. The van der Waals surface area contributed by atoms with Gasteiger partial charge < -0.3 is 42.8 Å². The van der Waals surface area contributed by atoms with Crippen molar-refractivity contribution in [1.82, 2.24) is 4.90 Å². The van der Waals surface area contributed by atoms with Crippen molar-refractivity contribution in [3.8, 4) is 34.5 Å². The number of rotatable bonds is 20. The molecule has 2 rings (SSSR count). The van der Waals surface area contributed by atoms with Crippen LogP contribution in [0, 0.1) is 0 Å². The van der Waals surface area contributed by atoms with Gasteiger partial charge in [-0.15, -0.1) is 0 Å². The van der Waals surface area contributed by atoms with Gasteiger partial charge in [-0.25, -0.2) is 9.59 Å². The van der Waals surface area contributed by atoms with Gasteiger partial charge >= 0.3 is 11.9 Å². The zero-order chi connectivity index (χ0) is 31.6. The topological polar surface area (TPSA) is 111 Å². The van der Waals surface area contributed by atoms with E-state index in [9.17, 15) is 9.59 Å². The molecule has 11 nitrogen and oxygen atoms in total. The van der Waals surface area contributed by atoms with Crippen molar-refractivity contribution < 1.29 is 47.5 Å². The molecule has 0 saturated heterocycles. The Kier molecular flexibility index (Phi) is 15.6. The summed E-state index contributed by atoms with van der Waals surface area (Å²) >= 11 is 0. The molecule has 2 aromatic rings. The molecule has 2 aromatic carbocycles. The summed E-state index contributed by atoms with van der Waals surface area (Å²) < 4.78 is 42.6. The van der Waals surface area contributed by atoms with Crippen molar-refractivity contribution in [1.29, 1.82) is 0 Å². The first-order valence-electron chi connectivity index (χ1n) is 14.1. The minimum absolute atomic E-state index is 0.333. The molecule has 0 fully saturated rings. The van der Waals surface area contributed by atoms with Gasteiger partial charge in [-0.2, -0.15) is 0 Å². The van der Waals surface area contributed by atoms with Gasteiger partial charge in [-0.05, 0) is 68.8 Å². The van der Waals surface area contributed by atoms with E-state index in [0.29, 0.717) is 53.3 Å². The molecular weight excluding hydrogens is 558 g/mol. The van der Waals surface area contributed by atoms with Crippen molar-refractivity contribution in [2.45, 2.75) is 32.1 Å². The van der Waals surface area contributed by atoms with Gasteiger partial charge in [-0.3, -0.25) is 0 Å². The number of esters is 2. The number of methoxy groups -OCH3 is 6. The van der Waals surface area contributed by atoms with Crippen molar-refractivity contribution in [2.75, 3.05) is 76.0 Å². The van der Waals surface area contributed by atoms with Crippen LogP contribution in [0.1, 0.15) is 48.0 Å². The van der Waals surface area contributed by atoms with Gasteiger partial charge in [0.25, 0.3) is 0 Å². The van der Waals surface area contributed by atoms with Crippen LogP contribution in [0.25, 0.3) is 6.08 Å². The lowest BCUT2D eigenvalue weighted by Crippen LogP contribution is -2.22. The zero-order valence-corrected chi connectivity index (χ0v) is 26.4. The molecule has 0 radical (unpaired) electrons. The van der Waals surface area contributed by atoms with E-state index in [1.54, 1.807) is 30.3 Å². The number of carbonyl (C=O) groups excluding carboxylic acids is 2. The highest BCUT2D eigenvalue weighted by atomic mass is 16.5. The predicted molar refractivity (Wildman–Crippen MR) is 163 cm³/mol. The summed E-state index contributed by atoms with van der Waals surface area (Å²) in [6, 6.07) is 6.67. The Morgan fingerprint density at radius 1 is 0.628 bits per heavy atom. The minimum Gasteiger partial charge on any atom is -0.493 e. The lowest BCUT2D eigenvalue weighted by molar-refractivity contribution is -0.137. The third-order valence-corrected chi connectivity index (χ3v) is 6.60. The molecule has 0 unspecified atom stereocenters. The number of hydrogen-bond acceptors (Lipinski definition) is 11. The van der Waals surface area contributed by atoms with E-state index in [-0.39, 0.29) is 0 Å². The Hall–Kier alpha value is -4.12. The van der Waals surface area contributed by atoms with Gasteiger partial charge in [0.2, 0.25) is 11.5 Å². The fraction of sp³-hybridized carbons (Fsp3) is 0.500. The van der Waals surface area contributed by atoms with Crippen molar-refractivity contribution in [3.05, 3.63) is 41.5 Å². The summed E-state index contributed by atoms with van der Waals surface area (Å²) in [6.45, 7) is 2.42. The van der Waals surface area contributed by atoms with Crippen molar-refractivity contribution >= 4 is 18.0 Å². The molecular formula is C32H45NO10. The van der Waals surface area contributed by atoms with Gasteiger partial charge in [0.05, 0.1) is 61.4 Å². The average Bonchev–Trinajstić information content (AvgIpc) is 3.03. The van der Waals surface area contributed by atoms with E-state index in [2.05, 4.69) is 4.90 Å². The number of benzene rings is 2. The summed E-state index contributed by atoms with van der Waals surface area (Å²) in [5.74, 6) is 1.89. The molecule has 0 aliphatic heterocycles. The summed E-state index contributed by atoms with van der Waals surface area (Å²) in [4.78, 5) is 26.8. The highest BCUT2D eigenvalue weighted by Gasteiger charge is 2.18. The Morgan fingerprint density at radius 2 is 1.12 bits per heavy atom. The molecule has 0 aromatic heterocycles. The smallest absolute Gasteiger partial charge is 0.338 e. The average molecular weight is 604 g/mol. The van der Waals surface area contributed by atoms with Gasteiger partial charge in [0.1, 0.15) is 0 Å². The maximum absolute atomic E-state index is 12.5. The molecule has 0 aliphatic carbocycles. The fourth-order valence-electron chi connectivity index (χ4n) is 4.31. The van der Waals surface area contributed by atoms with Crippen LogP contribution < -0.4 is 28.4 Å². The maximum atomic E-state index is 12.5. The molecule has 0 amide bonds. The summed E-state index contributed by atoms with van der Waals surface area (Å²) in [7, 11) is 11.2. The molecule has 0 heterocycles. The van der Waals surface area contributed by atoms with Crippen LogP contribution in [0.3, 0.4) is 0 Å². The van der Waals surface area contributed by atoms with E-state index >= 15 is 0 Å².